The van der Waals surface area contributed by atoms with E-state index in [1.54, 1.807) is 38.1 Å². The first-order valence-corrected chi connectivity index (χ1v) is 19.8. The van der Waals surface area contributed by atoms with Gasteiger partial charge in [-0.1, -0.05) is 95.8 Å². The van der Waals surface area contributed by atoms with Gasteiger partial charge < -0.3 is 39.8 Å². The maximum atomic E-state index is 13.2. The Morgan fingerprint density at radius 1 is 0.885 bits per heavy atom. The molecule has 0 saturated carbocycles. The number of amides is 3. The number of alkyl carbamates (subject to hydrolysis) is 1. The van der Waals surface area contributed by atoms with Crippen molar-refractivity contribution in [3.63, 3.8) is 0 Å². The number of carbonyl (C=O) groups excluding carboxylic acids is 4. The third-order valence-corrected chi connectivity index (χ3v) is 11.4. The minimum atomic E-state index is -1.35. The van der Waals surface area contributed by atoms with E-state index < -0.39 is 52.1 Å². The first-order chi connectivity index (χ1) is 24.8. The summed E-state index contributed by atoms with van der Waals surface area (Å²) in [5.41, 5.74) is 1.12. The van der Waals surface area contributed by atoms with Crippen LogP contribution in [0.15, 0.2) is 54.6 Å². The molecule has 4 atom stereocenters. The highest BCUT2D eigenvalue weighted by Gasteiger charge is 2.62. The Morgan fingerprint density at radius 3 is 1.88 bits per heavy atom. The number of hydrogen-bond donors (Lipinski definition) is 3. The fourth-order valence-corrected chi connectivity index (χ4v) is 8.48. The highest BCUT2D eigenvalue weighted by molar-refractivity contribution is 8.01. The minimum Gasteiger partial charge on any atom is -0.548 e. The Hall–Kier alpha value is -3.77. The molecular weight excluding hydrogens is 681 g/mol. The monoisotopic (exact) mass is 740 g/mol. The van der Waals surface area contributed by atoms with Crippen LogP contribution in [0.25, 0.3) is 0 Å². The summed E-state index contributed by atoms with van der Waals surface area (Å²) in [6.45, 7) is 18.4. The molecule has 0 radical (unpaired) electrons. The van der Waals surface area contributed by atoms with Crippen LogP contribution in [0, 0.1) is 0 Å². The molecule has 2 aromatic carbocycles. The van der Waals surface area contributed by atoms with Crippen molar-refractivity contribution < 1.29 is 38.6 Å². The Labute approximate surface area is 314 Å². The van der Waals surface area contributed by atoms with Crippen molar-refractivity contribution in [2.75, 3.05) is 26.2 Å². The summed E-state index contributed by atoms with van der Waals surface area (Å²) in [6.07, 6.45) is 10.2. The predicted molar refractivity (Wildman–Crippen MR) is 203 cm³/mol. The van der Waals surface area contributed by atoms with E-state index in [9.17, 15) is 29.4 Å². The number of β-lactam (4-membered cyclic amide) rings is 1. The molecule has 3 amide bonds. The van der Waals surface area contributed by atoms with E-state index in [4.69, 9.17) is 4.74 Å². The number of aliphatic carboxylic acids is 1. The summed E-state index contributed by atoms with van der Waals surface area (Å²) < 4.78 is 5.85. The highest BCUT2D eigenvalue weighted by atomic mass is 32.2. The molecule has 2 aromatic rings. The molecule has 2 saturated heterocycles. The number of unbranched alkanes of at least 4 members (excludes halogenated alkanes) is 4. The predicted octanol–water partition coefficient (Wildman–Crippen LogP) is 5.66. The van der Waals surface area contributed by atoms with Crippen LogP contribution in [0.1, 0.15) is 110 Å². The standard InChI is InChI=1S/C24H25N3O7S.C16H36N/c1-24(2)18(22(31)32)27-20(30)17(21(27)35-24)25-19(29)16(14-8-10-15(28)11-9-14)26-23(33)34-12-13-6-4-3-5-7-13;1-5-9-13-17(14-10-6-2,15-11-7-3)16-12-8-4/h3-11,16-18,21,28H,12H2,1-2H3,(H,25,29)(H,26,33)(H,31,32);5-16H2,1-4H3/q;+1/p-1/t16?,17-,18+,21-;/m1./s1. The van der Waals surface area contributed by atoms with E-state index in [2.05, 4.69) is 38.3 Å². The summed E-state index contributed by atoms with van der Waals surface area (Å²) >= 11 is 1.26. The number of phenols is 1. The number of fused-ring (bicyclic) bond motifs is 1. The topological polar surface area (TPSA) is 148 Å². The molecule has 0 aliphatic carbocycles. The summed E-state index contributed by atoms with van der Waals surface area (Å²) in [5, 5.41) is 25.8. The zero-order valence-corrected chi connectivity index (χ0v) is 32.7. The fourth-order valence-electron chi connectivity index (χ4n) is 6.86. The maximum Gasteiger partial charge on any atom is 0.408 e. The second kappa shape index (κ2) is 20.5. The van der Waals surface area contributed by atoms with E-state index in [0.29, 0.717) is 5.56 Å². The molecule has 2 fully saturated rings. The lowest BCUT2D eigenvalue weighted by atomic mass is 9.95. The number of nitrogens with one attached hydrogen (secondary N) is 2. The van der Waals surface area contributed by atoms with Gasteiger partial charge in [0, 0.05) is 4.75 Å². The van der Waals surface area contributed by atoms with Gasteiger partial charge >= 0.3 is 6.09 Å². The van der Waals surface area contributed by atoms with Crippen molar-refractivity contribution in [2.45, 2.75) is 128 Å². The van der Waals surface area contributed by atoms with Gasteiger partial charge in [0.25, 0.3) is 0 Å². The molecule has 2 aliphatic heterocycles. The molecule has 12 heteroatoms. The minimum absolute atomic E-state index is 0.00886. The summed E-state index contributed by atoms with van der Waals surface area (Å²) in [5.74, 6) is -2.59. The molecule has 288 valence electrons. The number of quaternary nitrogens is 1. The zero-order valence-electron chi connectivity index (χ0n) is 31.9. The molecule has 52 heavy (non-hydrogen) atoms. The third kappa shape index (κ3) is 11.6. The van der Waals surface area contributed by atoms with Crippen LogP contribution in [0.2, 0.25) is 0 Å². The van der Waals surface area contributed by atoms with Crippen molar-refractivity contribution in [2.24, 2.45) is 0 Å². The average molecular weight is 741 g/mol. The lowest BCUT2D eigenvalue weighted by Gasteiger charge is -2.45. The molecule has 0 bridgehead atoms. The van der Waals surface area contributed by atoms with E-state index in [-0.39, 0.29) is 12.4 Å². The van der Waals surface area contributed by atoms with Gasteiger partial charge in [-0.05, 0) is 62.8 Å². The van der Waals surface area contributed by atoms with Gasteiger partial charge in [-0.2, -0.15) is 0 Å². The Balaban J connectivity index is 0.000000363. The molecule has 4 rings (SSSR count). The summed E-state index contributed by atoms with van der Waals surface area (Å²) in [6, 6.07) is 11.4. The number of thioether (sulfide) groups is 1. The number of rotatable bonds is 19. The first kappa shape index (κ1) is 42.6. The number of carbonyl (C=O) groups is 4. The maximum absolute atomic E-state index is 13.2. The van der Waals surface area contributed by atoms with E-state index in [0.717, 1.165) is 5.56 Å². The van der Waals surface area contributed by atoms with Crippen LogP contribution in [0.4, 0.5) is 4.79 Å². The lowest BCUT2D eigenvalue weighted by molar-refractivity contribution is -0.929. The van der Waals surface area contributed by atoms with Crippen LogP contribution in [0.3, 0.4) is 0 Å². The largest absolute Gasteiger partial charge is 0.548 e. The third-order valence-electron chi connectivity index (χ3n) is 9.87. The van der Waals surface area contributed by atoms with Crippen molar-refractivity contribution in [1.29, 1.82) is 0 Å². The summed E-state index contributed by atoms with van der Waals surface area (Å²) in [4.78, 5) is 51.2. The molecule has 2 heterocycles. The first-order valence-electron chi connectivity index (χ1n) is 18.9. The van der Waals surface area contributed by atoms with Crippen LogP contribution < -0.4 is 15.7 Å². The SMILES string of the molecule is CC1(C)S[C@@H]2[C@H](NC(=O)C(NC(=O)OCc3ccccc3)c3ccc(O)cc3)C(=O)N2[C@H]1C(=O)[O-].CCCC[N+](CCCC)(CCCC)CCCC. The summed E-state index contributed by atoms with van der Waals surface area (Å²) in [7, 11) is 0. The molecule has 0 spiro atoms. The molecule has 1 unspecified atom stereocenters. The van der Waals surface area contributed by atoms with E-state index in [1.165, 1.54) is 123 Å². The Morgan fingerprint density at radius 2 is 1.40 bits per heavy atom. The second-order valence-electron chi connectivity index (χ2n) is 14.4. The van der Waals surface area contributed by atoms with Gasteiger partial charge in [-0.25, -0.2) is 4.79 Å². The Bertz CT molecular complexity index is 1400. The number of benzene rings is 2. The number of hydrogen-bond acceptors (Lipinski definition) is 8. The molecular formula is C40H60N4O7S. The van der Waals surface area contributed by atoms with Crippen LogP contribution >= 0.6 is 11.8 Å². The number of carboxylic acid groups (broad SMARTS) is 1. The lowest BCUT2D eigenvalue weighted by Crippen LogP contribution is -2.72. The normalized spacial score (nSPS) is 19.4. The number of nitrogens with zero attached hydrogens (tertiary/aromatic N) is 2. The van der Waals surface area contributed by atoms with Gasteiger partial charge in [0.1, 0.15) is 29.8 Å². The van der Waals surface area contributed by atoms with Crippen molar-refractivity contribution in [3.8, 4) is 5.75 Å². The van der Waals surface area contributed by atoms with Gasteiger partial charge in [-0.3, -0.25) is 9.59 Å². The van der Waals surface area contributed by atoms with Crippen molar-refractivity contribution in [1.82, 2.24) is 15.5 Å². The fraction of sp³-hybridized carbons (Fsp3) is 0.600. The van der Waals surface area contributed by atoms with E-state index >= 15 is 0 Å². The molecule has 3 N–H and O–H groups in total. The quantitative estimate of drug-likeness (QED) is 0.124. The number of ether oxygens (including phenoxy) is 1. The van der Waals surface area contributed by atoms with Crippen molar-refractivity contribution in [3.05, 3.63) is 65.7 Å². The number of carboxylic acids is 1. The highest BCUT2D eigenvalue weighted by Crippen LogP contribution is 2.50. The van der Waals surface area contributed by atoms with Crippen LogP contribution in [-0.2, 0) is 25.7 Å². The smallest absolute Gasteiger partial charge is 0.408 e. The van der Waals surface area contributed by atoms with Gasteiger partial charge in [0.05, 0.1) is 38.2 Å². The average Bonchev–Trinajstić information content (AvgIpc) is 3.40. The van der Waals surface area contributed by atoms with Gasteiger partial charge in [0.2, 0.25) is 11.8 Å². The van der Waals surface area contributed by atoms with E-state index in [1.807, 2.05) is 6.07 Å². The Kier molecular flexibility index (Phi) is 16.8. The molecule has 11 nitrogen and oxygen atoms in total. The van der Waals surface area contributed by atoms with Crippen LogP contribution in [-0.4, -0.2) is 86.7 Å². The number of phenolic OH excluding ortho intramolecular Hbond substituents is 1. The van der Waals surface area contributed by atoms with Crippen molar-refractivity contribution >= 4 is 35.6 Å². The molecule has 2 aliphatic rings. The second-order valence-corrected chi connectivity index (χ2v) is 16.2. The van der Waals surface area contributed by atoms with Gasteiger partial charge in [0.15, 0.2) is 0 Å². The number of aromatic hydroxyl groups is 1. The van der Waals surface area contributed by atoms with Crippen LogP contribution in [0.5, 0.6) is 5.75 Å². The zero-order chi connectivity index (χ0) is 38.3. The molecule has 0 aromatic heterocycles. The van der Waals surface area contributed by atoms with Gasteiger partial charge in [-0.15, -0.1) is 11.8 Å².